The summed E-state index contributed by atoms with van der Waals surface area (Å²) in [7, 11) is -0.707. The molecule has 4 aliphatic rings. The zero-order chi connectivity index (χ0) is 26.7. The molecule has 0 radical (unpaired) electrons. The lowest BCUT2D eigenvalue weighted by molar-refractivity contribution is 0.0359. The van der Waals surface area contributed by atoms with Crippen molar-refractivity contribution in [3.63, 3.8) is 0 Å². The SMILES string of the molecule is C=CCC(C)CCP(Cc1ccccc1CP(c1ccccn1)C12CC3CC(CC(C3)C1)C2)c1ccccn1. The van der Waals surface area contributed by atoms with E-state index in [1.807, 2.05) is 12.4 Å². The van der Waals surface area contributed by atoms with Crippen LogP contribution in [0.2, 0.25) is 0 Å². The summed E-state index contributed by atoms with van der Waals surface area (Å²) in [4.78, 5) is 9.92. The molecule has 0 amide bonds. The lowest BCUT2D eigenvalue weighted by Gasteiger charge is -2.59. The molecule has 4 heteroatoms. The first kappa shape index (κ1) is 27.3. The maximum absolute atomic E-state index is 5.05. The van der Waals surface area contributed by atoms with Gasteiger partial charge in [0.25, 0.3) is 0 Å². The first-order valence-corrected chi connectivity index (χ1v) is 18.4. The number of nitrogens with zero attached hydrogens (tertiary/aromatic N) is 2. The van der Waals surface area contributed by atoms with E-state index < -0.39 is 0 Å². The van der Waals surface area contributed by atoms with Gasteiger partial charge in [-0.05, 0) is 142 Å². The summed E-state index contributed by atoms with van der Waals surface area (Å²) < 4.78 is 0. The molecule has 4 saturated carbocycles. The summed E-state index contributed by atoms with van der Waals surface area (Å²) in [5, 5.41) is 0.497. The molecule has 204 valence electrons. The van der Waals surface area contributed by atoms with E-state index in [1.54, 1.807) is 11.1 Å². The largest absolute Gasteiger partial charge is 0.257 e. The van der Waals surface area contributed by atoms with Crippen LogP contribution in [0.15, 0.2) is 85.7 Å². The van der Waals surface area contributed by atoms with Gasteiger partial charge >= 0.3 is 0 Å². The monoisotopic (exact) mass is 554 g/mol. The third kappa shape index (κ3) is 6.24. The van der Waals surface area contributed by atoms with Crippen LogP contribution >= 0.6 is 15.8 Å². The summed E-state index contributed by atoms with van der Waals surface area (Å²) in [6.45, 7) is 6.34. The van der Waals surface area contributed by atoms with Crippen molar-refractivity contribution in [1.29, 1.82) is 0 Å². The molecule has 3 atom stereocenters. The standard InChI is InChI=1S/C35H44N2P2/c1-3-10-27(2)15-18-38(33-13-6-8-16-36-33)25-31-11-4-5-12-32(31)26-39(34-14-7-9-17-37-34)35-22-28-19-29(23-35)21-30(20-28)24-35/h3-9,11-14,16-17,27-30H,1,10,15,18-26H2,2H3. The smallest absolute Gasteiger partial charge is 0.0639 e. The molecule has 2 nitrogen and oxygen atoms in total. The molecular formula is C35H44N2P2. The summed E-state index contributed by atoms with van der Waals surface area (Å²) in [6.07, 6.45) is 20.8. The Bertz CT molecular complexity index is 1190. The number of hydrogen-bond donors (Lipinski definition) is 0. The number of hydrogen-bond acceptors (Lipinski definition) is 2. The Kier molecular flexibility index (Phi) is 8.63. The molecule has 0 saturated heterocycles. The van der Waals surface area contributed by atoms with Crippen LogP contribution in [0.5, 0.6) is 0 Å². The normalized spacial score (nSPS) is 27.7. The molecule has 4 fully saturated rings. The van der Waals surface area contributed by atoms with E-state index >= 15 is 0 Å². The number of aromatic nitrogens is 2. The highest BCUT2D eigenvalue weighted by Crippen LogP contribution is 2.69. The Hall–Kier alpha value is -1.88. The predicted molar refractivity (Wildman–Crippen MR) is 170 cm³/mol. The summed E-state index contributed by atoms with van der Waals surface area (Å²) in [6, 6.07) is 22.6. The lowest BCUT2D eigenvalue weighted by atomic mass is 9.56. The van der Waals surface area contributed by atoms with Crippen molar-refractivity contribution >= 4 is 26.7 Å². The van der Waals surface area contributed by atoms with E-state index in [4.69, 9.17) is 9.97 Å². The van der Waals surface area contributed by atoms with Crippen molar-refractivity contribution in [1.82, 2.24) is 9.97 Å². The van der Waals surface area contributed by atoms with E-state index in [1.165, 1.54) is 68.1 Å². The molecule has 39 heavy (non-hydrogen) atoms. The highest BCUT2D eigenvalue weighted by atomic mass is 31.1. The summed E-state index contributed by atoms with van der Waals surface area (Å²) in [5.74, 6) is 3.58. The summed E-state index contributed by atoms with van der Waals surface area (Å²) >= 11 is 0. The number of benzene rings is 1. The van der Waals surface area contributed by atoms with Gasteiger partial charge < -0.3 is 0 Å². The molecule has 3 unspecified atom stereocenters. The van der Waals surface area contributed by atoms with E-state index in [0.29, 0.717) is 11.1 Å². The second kappa shape index (κ2) is 12.3. The molecule has 4 aliphatic carbocycles. The Morgan fingerprint density at radius 2 is 1.38 bits per heavy atom. The van der Waals surface area contributed by atoms with Gasteiger partial charge in [-0.2, -0.15) is 0 Å². The van der Waals surface area contributed by atoms with Gasteiger partial charge in [0.1, 0.15) is 0 Å². The molecule has 4 bridgehead atoms. The quantitative estimate of drug-likeness (QED) is 0.165. The molecule has 3 aromatic rings. The van der Waals surface area contributed by atoms with Crippen molar-refractivity contribution in [2.75, 3.05) is 6.16 Å². The minimum absolute atomic E-state index is 0.352. The van der Waals surface area contributed by atoms with Crippen molar-refractivity contribution in [3.8, 4) is 0 Å². The molecule has 1 aromatic carbocycles. The fourth-order valence-corrected chi connectivity index (χ4v) is 14.3. The molecule has 0 aliphatic heterocycles. The number of rotatable bonds is 12. The van der Waals surface area contributed by atoms with Crippen molar-refractivity contribution in [3.05, 3.63) is 96.8 Å². The fraction of sp³-hybridized carbons (Fsp3) is 0.486. The first-order chi connectivity index (χ1) is 19.1. The van der Waals surface area contributed by atoms with Gasteiger partial charge in [0.15, 0.2) is 0 Å². The second-order valence-electron chi connectivity index (χ2n) is 12.7. The Morgan fingerprint density at radius 3 is 1.95 bits per heavy atom. The predicted octanol–water partition coefficient (Wildman–Crippen LogP) is 8.66. The van der Waals surface area contributed by atoms with Gasteiger partial charge in [0.05, 0.1) is 10.9 Å². The molecular weight excluding hydrogens is 510 g/mol. The topological polar surface area (TPSA) is 25.8 Å². The number of pyridine rings is 2. The lowest BCUT2D eigenvalue weighted by Crippen LogP contribution is -2.50. The van der Waals surface area contributed by atoms with Gasteiger partial charge in [0.2, 0.25) is 0 Å². The van der Waals surface area contributed by atoms with Crippen LogP contribution < -0.4 is 10.9 Å². The number of allylic oxidation sites excluding steroid dienone is 1. The third-order valence-electron chi connectivity index (χ3n) is 9.75. The van der Waals surface area contributed by atoms with E-state index in [9.17, 15) is 0 Å². The fourth-order valence-electron chi connectivity index (χ4n) is 8.24. The van der Waals surface area contributed by atoms with Crippen LogP contribution in [0.25, 0.3) is 0 Å². The van der Waals surface area contributed by atoms with Crippen molar-refractivity contribution in [2.24, 2.45) is 23.7 Å². The third-order valence-corrected chi connectivity index (χ3v) is 15.3. The van der Waals surface area contributed by atoms with E-state index in [-0.39, 0.29) is 15.8 Å². The van der Waals surface area contributed by atoms with Gasteiger partial charge in [0, 0.05) is 12.4 Å². The zero-order valence-electron chi connectivity index (χ0n) is 23.6. The van der Waals surface area contributed by atoms with Crippen molar-refractivity contribution in [2.45, 2.75) is 75.8 Å². The minimum atomic E-state index is -0.355. The van der Waals surface area contributed by atoms with Crippen LogP contribution in [0.1, 0.15) is 69.4 Å². The van der Waals surface area contributed by atoms with Gasteiger partial charge in [-0.3, -0.25) is 9.97 Å². The highest BCUT2D eigenvalue weighted by molar-refractivity contribution is 7.66. The highest BCUT2D eigenvalue weighted by Gasteiger charge is 2.54. The second-order valence-corrected chi connectivity index (χ2v) is 17.6. The van der Waals surface area contributed by atoms with Crippen LogP contribution in [-0.2, 0) is 12.3 Å². The first-order valence-electron chi connectivity index (χ1n) is 15.1. The van der Waals surface area contributed by atoms with E-state index in [2.05, 4.69) is 80.2 Å². The average Bonchev–Trinajstić information content (AvgIpc) is 2.95. The van der Waals surface area contributed by atoms with Crippen LogP contribution in [0.4, 0.5) is 0 Å². The van der Waals surface area contributed by atoms with Crippen LogP contribution in [-0.4, -0.2) is 21.3 Å². The van der Waals surface area contributed by atoms with Crippen LogP contribution in [0, 0.1) is 23.7 Å². The minimum Gasteiger partial charge on any atom is -0.257 e. The average molecular weight is 555 g/mol. The van der Waals surface area contributed by atoms with Gasteiger partial charge in [-0.25, -0.2) is 0 Å². The zero-order valence-corrected chi connectivity index (χ0v) is 25.4. The summed E-state index contributed by atoms with van der Waals surface area (Å²) in [5.41, 5.74) is 5.84. The van der Waals surface area contributed by atoms with Gasteiger partial charge in [-0.1, -0.05) is 57.3 Å². The Labute approximate surface area is 238 Å². The molecule has 0 N–H and O–H groups in total. The van der Waals surface area contributed by atoms with Crippen molar-refractivity contribution < 1.29 is 0 Å². The maximum atomic E-state index is 5.05. The van der Waals surface area contributed by atoms with Crippen LogP contribution in [0.3, 0.4) is 0 Å². The molecule has 0 spiro atoms. The molecule has 2 aromatic heterocycles. The van der Waals surface area contributed by atoms with Gasteiger partial charge in [-0.15, -0.1) is 6.58 Å². The molecule has 2 heterocycles. The Morgan fingerprint density at radius 1 is 0.821 bits per heavy atom. The maximum Gasteiger partial charge on any atom is 0.0639 e. The van der Waals surface area contributed by atoms with E-state index in [0.717, 1.165) is 30.3 Å². The molecule has 7 rings (SSSR count). The Balaban J connectivity index is 1.30.